The van der Waals surface area contributed by atoms with E-state index in [1.54, 1.807) is 12.1 Å². The predicted molar refractivity (Wildman–Crippen MR) is 69.2 cm³/mol. The van der Waals surface area contributed by atoms with Gasteiger partial charge in [0, 0.05) is 12.7 Å². The van der Waals surface area contributed by atoms with E-state index in [9.17, 15) is 9.90 Å². The fourth-order valence-electron chi connectivity index (χ4n) is 1.67. The highest BCUT2D eigenvalue weighted by Crippen LogP contribution is 2.11. The topological polar surface area (TPSA) is 88.9 Å². The molecule has 1 aromatic carbocycles. The average Bonchev–Trinajstić information content (AvgIpc) is 2.94. The number of H-pyrrole nitrogens is 1. The Morgan fingerprint density at radius 2 is 2.16 bits per heavy atom. The van der Waals surface area contributed by atoms with Crippen molar-refractivity contribution in [2.75, 3.05) is 6.54 Å². The standard InChI is InChI=1S/C14H13N3O2/c15-7-12-6-11(8-16-12)14(19)17-9-13(18)10-4-2-1-3-5-10/h1-6,8,13,16,18H,9H2,(H,17,19). The number of nitriles is 1. The van der Waals surface area contributed by atoms with Gasteiger partial charge in [-0.25, -0.2) is 0 Å². The number of carbonyl (C=O) groups is 1. The van der Waals surface area contributed by atoms with Gasteiger partial charge in [-0.3, -0.25) is 4.79 Å². The van der Waals surface area contributed by atoms with Gasteiger partial charge < -0.3 is 15.4 Å². The number of aliphatic hydroxyl groups is 1. The predicted octanol–water partition coefficient (Wildman–Crippen LogP) is 1.35. The lowest BCUT2D eigenvalue weighted by Gasteiger charge is -2.11. The van der Waals surface area contributed by atoms with Crippen LogP contribution in [-0.4, -0.2) is 22.5 Å². The Kier molecular flexibility index (Phi) is 3.96. The summed E-state index contributed by atoms with van der Waals surface area (Å²) in [7, 11) is 0. The molecule has 0 fully saturated rings. The molecule has 1 aromatic heterocycles. The molecule has 0 aliphatic heterocycles. The van der Waals surface area contributed by atoms with Gasteiger partial charge >= 0.3 is 0 Å². The minimum Gasteiger partial charge on any atom is -0.387 e. The molecule has 1 unspecified atom stereocenters. The third-order valence-electron chi connectivity index (χ3n) is 2.71. The molecule has 0 spiro atoms. The molecule has 5 nitrogen and oxygen atoms in total. The SMILES string of the molecule is N#Cc1cc(C(=O)NCC(O)c2ccccc2)c[nH]1. The summed E-state index contributed by atoms with van der Waals surface area (Å²) in [5, 5.41) is 21.2. The van der Waals surface area contributed by atoms with Gasteiger partial charge in [-0.2, -0.15) is 5.26 Å². The van der Waals surface area contributed by atoms with Gasteiger partial charge in [-0.05, 0) is 11.6 Å². The first-order chi connectivity index (χ1) is 9.20. The zero-order valence-corrected chi connectivity index (χ0v) is 10.1. The largest absolute Gasteiger partial charge is 0.387 e. The van der Waals surface area contributed by atoms with Crippen LogP contribution in [0.15, 0.2) is 42.6 Å². The monoisotopic (exact) mass is 255 g/mol. The summed E-state index contributed by atoms with van der Waals surface area (Å²) in [5.41, 5.74) is 1.44. The first kappa shape index (κ1) is 12.9. The number of hydrogen-bond acceptors (Lipinski definition) is 3. The average molecular weight is 255 g/mol. The maximum atomic E-state index is 11.8. The third-order valence-corrected chi connectivity index (χ3v) is 2.71. The maximum absolute atomic E-state index is 11.8. The second kappa shape index (κ2) is 5.85. The molecule has 2 rings (SSSR count). The number of hydrogen-bond donors (Lipinski definition) is 3. The van der Waals surface area contributed by atoms with E-state index in [1.165, 1.54) is 12.3 Å². The summed E-state index contributed by atoms with van der Waals surface area (Å²) in [6.07, 6.45) is 0.711. The molecule has 0 saturated heterocycles. The number of aliphatic hydroxyl groups excluding tert-OH is 1. The summed E-state index contributed by atoms with van der Waals surface area (Å²) in [6, 6.07) is 12.5. The number of aromatic nitrogens is 1. The number of amides is 1. The number of nitrogens with zero attached hydrogens (tertiary/aromatic N) is 1. The van der Waals surface area contributed by atoms with E-state index in [1.807, 2.05) is 24.3 Å². The van der Waals surface area contributed by atoms with Gasteiger partial charge in [0.1, 0.15) is 11.8 Å². The Hall–Kier alpha value is -2.58. The highest BCUT2D eigenvalue weighted by atomic mass is 16.3. The van der Waals surface area contributed by atoms with Crippen LogP contribution in [-0.2, 0) is 0 Å². The molecule has 5 heteroatoms. The Labute approximate surface area is 110 Å². The van der Waals surface area contributed by atoms with E-state index < -0.39 is 6.10 Å². The molecule has 0 bridgehead atoms. The first-order valence-electron chi connectivity index (χ1n) is 5.80. The molecule has 0 radical (unpaired) electrons. The van der Waals surface area contributed by atoms with Crippen LogP contribution in [0.2, 0.25) is 0 Å². The molecule has 1 amide bonds. The third kappa shape index (κ3) is 3.21. The van der Waals surface area contributed by atoms with Crippen molar-refractivity contribution >= 4 is 5.91 Å². The van der Waals surface area contributed by atoms with Crippen LogP contribution in [0, 0.1) is 11.3 Å². The van der Waals surface area contributed by atoms with E-state index in [0.29, 0.717) is 11.3 Å². The number of nitrogens with one attached hydrogen (secondary N) is 2. The lowest BCUT2D eigenvalue weighted by atomic mass is 10.1. The molecular formula is C14H13N3O2. The van der Waals surface area contributed by atoms with Crippen LogP contribution in [0.3, 0.4) is 0 Å². The number of aromatic amines is 1. The summed E-state index contributed by atoms with van der Waals surface area (Å²) in [4.78, 5) is 14.4. The van der Waals surface area contributed by atoms with Crippen molar-refractivity contribution in [3.63, 3.8) is 0 Å². The molecule has 1 heterocycles. The van der Waals surface area contributed by atoms with Crippen molar-refractivity contribution in [2.45, 2.75) is 6.10 Å². The molecule has 1 atom stereocenters. The molecule has 19 heavy (non-hydrogen) atoms. The zero-order chi connectivity index (χ0) is 13.7. The summed E-state index contributed by atoms with van der Waals surface area (Å²) >= 11 is 0. The second-order valence-electron chi connectivity index (χ2n) is 4.05. The van der Waals surface area contributed by atoms with Crippen LogP contribution in [0.1, 0.15) is 27.7 Å². The van der Waals surface area contributed by atoms with Crippen molar-refractivity contribution in [3.05, 3.63) is 59.4 Å². The second-order valence-corrected chi connectivity index (χ2v) is 4.05. The summed E-state index contributed by atoms with van der Waals surface area (Å²) < 4.78 is 0. The number of carbonyl (C=O) groups excluding carboxylic acids is 1. The van der Waals surface area contributed by atoms with Gasteiger partial charge in [0.15, 0.2) is 0 Å². The molecule has 0 aliphatic rings. The van der Waals surface area contributed by atoms with Gasteiger partial charge in [0.25, 0.3) is 5.91 Å². The highest BCUT2D eigenvalue weighted by Gasteiger charge is 2.11. The van der Waals surface area contributed by atoms with E-state index in [4.69, 9.17) is 5.26 Å². The van der Waals surface area contributed by atoms with Crippen LogP contribution in [0.4, 0.5) is 0 Å². The van der Waals surface area contributed by atoms with Gasteiger partial charge in [-0.1, -0.05) is 30.3 Å². The Balaban J connectivity index is 1.92. The smallest absolute Gasteiger partial charge is 0.252 e. The Morgan fingerprint density at radius 3 is 2.79 bits per heavy atom. The van der Waals surface area contributed by atoms with Crippen molar-refractivity contribution in [1.29, 1.82) is 5.26 Å². The fraction of sp³-hybridized carbons (Fsp3) is 0.143. The molecular weight excluding hydrogens is 242 g/mol. The van der Waals surface area contributed by atoms with Crippen LogP contribution in [0.5, 0.6) is 0 Å². The van der Waals surface area contributed by atoms with Crippen LogP contribution < -0.4 is 5.32 Å². The van der Waals surface area contributed by atoms with Crippen LogP contribution in [0.25, 0.3) is 0 Å². The quantitative estimate of drug-likeness (QED) is 0.770. The van der Waals surface area contributed by atoms with E-state index >= 15 is 0 Å². The van der Waals surface area contributed by atoms with Crippen molar-refractivity contribution in [2.24, 2.45) is 0 Å². The van der Waals surface area contributed by atoms with E-state index in [-0.39, 0.29) is 12.5 Å². The molecule has 3 N–H and O–H groups in total. The molecule has 96 valence electrons. The first-order valence-corrected chi connectivity index (χ1v) is 5.80. The van der Waals surface area contributed by atoms with E-state index in [2.05, 4.69) is 10.3 Å². The van der Waals surface area contributed by atoms with Crippen LogP contribution >= 0.6 is 0 Å². The lowest BCUT2D eigenvalue weighted by Crippen LogP contribution is -2.28. The highest BCUT2D eigenvalue weighted by molar-refractivity contribution is 5.94. The minimum absolute atomic E-state index is 0.121. The number of rotatable bonds is 4. The van der Waals surface area contributed by atoms with Gasteiger partial charge in [0.2, 0.25) is 0 Å². The molecule has 0 aliphatic carbocycles. The maximum Gasteiger partial charge on any atom is 0.252 e. The lowest BCUT2D eigenvalue weighted by molar-refractivity contribution is 0.0916. The Morgan fingerprint density at radius 1 is 1.42 bits per heavy atom. The van der Waals surface area contributed by atoms with E-state index in [0.717, 1.165) is 5.56 Å². The summed E-state index contributed by atoms with van der Waals surface area (Å²) in [5.74, 6) is -0.326. The molecule has 2 aromatic rings. The van der Waals surface area contributed by atoms with Crippen molar-refractivity contribution < 1.29 is 9.90 Å². The molecule has 0 saturated carbocycles. The minimum atomic E-state index is -0.750. The van der Waals surface area contributed by atoms with Gasteiger partial charge in [0.05, 0.1) is 11.7 Å². The Bertz CT molecular complexity index is 599. The van der Waals surface area contributed by atoms with Gasteiger partial charge in [-0.15, -0.1) is 0 Å². The van der Waals surface area contributed by atoms with Crippen molar-refractivity contribution in [1.82, 2.24) is 10.3 Å². The normalized spacial score (nSPS) is 11.6. The summed E-state index contributed by atoms with van der Waals surface area (Å²) in [6.45, 7) is 0.121. The fourth-order valence-corrected chi connectivity index (χ4v) is 1.67. The van der Waals surface area contributed by atoms with Crippen molar-refractivity contribution in [3.8, 4) is 6.07 Å². The zero-order valence-electron chi connectivity index (χ0n) is 10.1. The number of benzene rings is 1.